The average molecular weight is 233 g/mol. The van der Waals surface area contributed by atoms with Crippen LogP contribution < -0.4 is 10.6 Å². The van der Waals surface area contributed by atoms with Gasteiger partial charge in [0.2, 0.25) is 0 Å². The number of nitrogens with one attached hydrogen (secondary N) is 2. The van der Waals surface area contributed by atoms with Crippen LogP contribution in [0.4, 0.5) is 0 Å². The van der Waals surface area contributed by atoms with Crippen molar-refractivity contribution < 1.29 is 0 Å². The van der Waals surface area contributed by atoms with E-state index >= 15 is 0 Å². The van der Waals surface area contributed by atoms with E-state index in [4.69, 9.17) is 0 Å². The zero-order valence-electron chi connectivity index (χ0n) is 7.41. The van der Waals surface area contributed by atoms with Gasteiger partial charge in [-0.25, -0.2) is 0 Å². The first-order valence-corrected chi connectivity index (χ1v) is 5.35. The van der Waals surface area contributed by atoms with Gasteiger partial charge in [0.15, 0.2) is 0 Å². The van der Waals surface area contributed by atoms with Crippen molar-refractivity contribution in [2.75, 3.05) is 19.6 Å². The summed E-state index contributed by atoms with van der Waals surface area (Å²) in [6.45, 7) is 7.01. The van der Waals surface area contributed by atoms with E-state index in [0.717, 1.165) is 17.6 Å². The van der Waals surface area contributed by atoms with Gasteiger partial charge >= 0.3 is 0 Å². The molecule has 0 aromatic rings. The van der Waals surface area contributed by atoms with Gasteiger partial charge in [-0.2, -0.15) is 0 Å². The molecule has 1 unspecified atom stereocenters. The summed E-state index contributed by atoms with van der Waals surface area (Å²) in [6.07, 6.45) is 3.81. The fourth-order valence-corrected chi connectivity index (χ4v) is 1.64. The highest BCUT2D eigenvalue weighted by atomic mass is 79.9. The van der Waals surface area contributed by atoms with Crippen LogP contribution in [0.5, 0.6) is 0 Å². The van der Waals surface area contributed by atoms with Gasteiger partial charge in [0, 0.05) is 17.1 Å². The molecule has 12 heavy (non-hydrogen) atoms. The highest BCUT2D eigenvalue weighted by molar-refractivity contribution is 9.11. The molecule has 1 rings (SSSR count). The van der Waals surface area contributed by atoms with Crippen molar-refractivity contribution in [2.24, 2.45) is 0 Å². The molecule has 0 aliphatic carbocycles. The fraction of sp³-hybridized carbons (Fsp3) is 0.778. The summed E-state index contributed by atoms with van der Waals surface area (Å²) < 4.78 is 1.04. The smallest absolute Gasteiger partial charge is 0.0268 e. The first-order valence-electron chi connectivity index (χ1n) is 4.56. The lowest BCUT2D eigenvalue weighted by Gasteiger charge is -2.14. The average Bonchev–Trinajstić information content (AvgIpc) is 2.28. The standard InChI is InChI=1S/C9H17BrN2/c1-8(10)7-12-9-3-2-5-11-6-4-9/h9,11-12H,1-7H2. The van der Waals surface area contributed by atoms with Gasteiger partial charge in [0.1, 0.15) is 0 Å². The van der Waals surface area contributed by atoms with Crippen LogP contribution in [0.2, 0.25) is 0 Å². The molecule has 1 aliphatic heterocycles. The van der Waals surface area contributed by atoms with Crippen molar-refractivity contribution in [1.29, 1.82) is 0 Å². The third kappa shape index (κ3) is 4.24. The van der Waals surface area contributed by atoms with Crippen LogP contribution in [0, 0.1) is 0 Å². The topological polar surface area (TPSA) is 24.1 Å². The minimum absolute atomic E-state index is 0.675. The molecule has 0 aromatic heterocycles. The maximum absolute atomic E-state index is 3.80. The minimum atomic E-state index is 0.675. The lowest BCUT2D eigenvalue weighted by Crippen LogP contribution is -2.30. The van der Waals surface area contributed by atoms with Crippen LogP contribution in [-0.2, 0) is 0 Å². The predicted molar refractivity (Wildman–Crippen MR) is 56.6 cm³/mol. The Labute approximate surface area is 82.9 Å². The van der Waals surface area contributed by atoms with Gasteiger partial charge in [0.25, 0.3) is 0 Å². The molecule has 0 aromatic carbocycles. The second-order valence-corrected chi connectivity index (χ2v) is 4.40. The van der Waals surface area contributed by atoms with Crippen molar-refractivity contribution in [3.8, 4) is 0 Å². The van der Waals surface area contributed by atoms with Crippen molar-refractivity contribution in [3.05, 3.63) is 11.1 Å². The Morgan fingerprint density at radius 1 is 1.50 bits per heavy atom. The number of hydrogen-bond acceptors (Lipinski definition) is 2. The van der Waals surface area contributed by atoms with Gasteiger partial charge in [-0.05, 0) is 32.4 Å². The van der Waals surface area contributed by atoms with Crippen molar-refractivity contribution in [1.82, 2.24) is 10.6 Å². The highest BCUT2D eigenvalue weighted by Crippen LogP contribution is 2.06. The Morgan fingerprint density at radius 2 is 2.33 bits per heavy atom. The summed E-state index contributed by atoms with van der Waals surface area (Å²) >= 11 is 3.35. The third-order valence-corrected chi connectivity index (χ3v) is 2.44. The molecule has 70 valence electrons. The normalized spacial score (nSPS) is 24.9. The summed E-state index contributed by atoms with van der Waals surface area (Å²) in [6, 6.07) is 0.675. The van der Waals surface area contributed by atoms with Crippen LogP contribution >= 0.6 is 15.9 Å². The third-order valence-electron chi connectivity index (χ3n) is 2.16. The second kappa shape index (κ2) is 5.73. The van der Waals surface area contributed by atoms with Crippen LogP contribution in [0.3, 0.4) is 0 Å². The maximum atomic E-state index is 3.80. The fourth-order valence-electron chi connectivity index (χ4n) is 1.48. The van der Waals surface area contributed by atoms with Gasteiger partial charge in [-0.3, -0.25) is 0 Å². The highest BCUT2D eigenvalue weighted by Gasteiger charge is 2.10. The van der Waals surface area contributed by atoms with Gasteiger partial charge in [-0.1, -0.05) is 22.5 Å². The number of rotatable bonds is 3. The Bertz CT molecular complexity index is 139. The zero-order valence-corrected chi connectivity index (χ0v) is 8.99. The van der Waals surface area contributed by atoms with E-state index in [9.17, 15) is 0 Å². The van der Waals surface area contributed by atoms with Crippen LogP contribution in [-0.4, -0.2) is 25.7 Å². The van der Waals surface area contributed by atoms with Crippen LogP contribution in [0.25, 0.3) is 0 Å². The van der Waals surface area contributed by atoms with E-state index in [1.54, 1.807) is 0 Å². The minimum Gasteiger partial charge on any atom is -0.317 e. The molecular weight excluding hydrogens is 216 g/mol. The summed E-state index contributed by atoms with van der Waals surface area (Å²) in [5.41, 5.74) is 0. The summed E-state index contributed by atoms with van der Waals surface area (Å²) in [7, 11) is 0. The second-order valence-electron chi connectivity index (χ2n) is 3.28. The van der Waals surface area contributed by atoms with E-state index in [2.05, 4.69) is 33.1 Å². The molecule has 0 saturated carbocycles. The lowest BCUT2D eigenvalue weighted by atomic mass is 10.1. The first kappa shape index (κ1) is 10.2. The van der Waals surface area contributed by atoms with Crippen molar-refractivity contribution in [2.45, 2.75) is 25.3 Å². The van der Waals surface area contributed by atoms with Gasteiger partial charge in [0.05, 0.1) is 0 Å². The van der Waals surface area contributed by atoms with Crippen molar-refractivity contribution in [3.63, 3.8) is 0 Å². The van der Waals surface area contributed by atoms with E-state index < -0.39 is 0 Å². The molecule has 1 saturated heterocycles. The first-order chi connectivity index (χ1) is 5.79. The summed E-state index contributed by atoms with van der Waals surface area (Å²) in [5.74, 6) is 0. The van der Waals surface area contributed by atoms with Gasteiger partial charge in [-0.15, -0.1) is 0 Å². The summed E-state index contributed by atoms with van der Waals surface area (Å²) in [5, 5.41) is 6.87. The van der Waals surface area contributed by atoms with E-state index in [1.165, 1.54) is 25.8 Å². The molecule has 0 amide bonds. The summed E-state index contributed by atoms with van der Waals surface area (Å²) in [4.78, 5) is 0. The molecule has 0 radical (unpaired) electrons. The molecule has 2 nitrogen and oxygen atoms in total. The van der Waals surface area contributed by atoms with Crippen LogP contribution in [0.15, 0.2) is 11.1 Å². The molecule has 1 atom stereocenters. The molecule has 3 heteroatoms. The Morgan fingerprint density at radius 3 is 3.08 bits per heavy atom. The van der Waals surface area contributed by atoms with E-state index in [1.807, 2.05) is 0 Å². The van der Waals surface area contributed by atoms with Gasteiger partial charge < -0.3 is 10.6 Å². The Hall–Kier alpha value is 0.140. The number of halogens is 1. The quantitative estimate of drug-likeness (QED) is 0.774. The maximum Gasteiger partial charge on any atom is 0.0268 e. The van der Waals surface area contributed by atoms with Crippen LogP contribution in [0.1, 0.15) is 19.3 Å². The van der Waals surface area contributed by atoms with E-state index in [-0.39, 0.29) is 0 Å². The monoisotopic (exact) mass is 232 g/mol. The largest absolute Gasteiger partial charge is 0.317 e. The van der Waals surface area contributed by atoms with Crippen molar-refractivity contribution >= 4 is 15.9 Å². The lowest BCUT2D eigenvalue weighted by molar-refractivity contribution is 0.491. The molecule has 0 spiro atoms. The Balaban J connectivity index is 2.16. The molecule has 1 aliphatic rings. The molecule has 1 heterocycles. The molecule has 0 bridgehead atoms. The SMILES string of the molecule is C=C(Br)CNC1CCCNCC1. The zero-order chi connectivity index (χ0) is 8.81. The number of hydrogen-bond donors (Lipinski definition) is 2. The van der Waals surface area contributed by atoms with E-state index in [0.29, 0.717) is 6.04 Å². The molecule has 2 N–H and O–H groups in total. The Kier molecular flexibility index (Phi) is 4.88. The molecule has 1 fully saturated rings. The molecular formula is C9H17BrN2. The predicted octanol–water partition coefficient (Wildman–Crippen LogP) is 1.63.